The number of carbonyl (C=O) groups is 1. The van der Waals surface area contributed by atoms with Crippen molar-refractivity contribution in [2.24, 2.45) is 11.8 Å². The molecule has 0 radical (unpaired) electrons. The van der Waals surface area contributed by atoms with Crippen molar-refractivity contribution >= 4 is 6.03 Å². The van der Waals surface area contributed by atoms with E-state index in [2.05, 4.69) is 34.9 Å². The highest BCUT2D eigenvalue weighted by atomic mass is 16.3. The van der Waals surface area contributed by atoms with Crippen LogP contribution in [-0.2, 0) is 11.8 Å². The van der Waals surface area contributed by atoms with Crippen molar-refractivity contribution < 1.29 is 9.90 Å². The van der Waals surface area contributed by atoms with Crippen molar-refractivity contribution in [3.8, 4) is 0 Å². The van der Waals surface area contributed by atoms with Gasteiger partial charge in [0.25, 0.3) is 0 Å². The van der Waals surface area contributed by atoms with E-state index in [4.69, 9.17) is 0 Å². The molecule has 1 aromatic carbocycles. The number of hydrogen-bond donors (Lipinski definition) is 3. The van der Waals surface area contributed by atoms with Crippen molar-refractivity contribution in [3.63, 3.8) is 0 Å². The quantitative estimate of drug-likeness (QED) is 0.781. The molecule has 4 nitrogen and oxygen atoms in total. The van der Waals surface area contributed by atoms with Crippen LogP contribution in [0.3, 0.4) is 0 Å². The topological polar surface area (TPSA) is 61.4 Å². The summed E-state index contributed by atoms with van der Waals surface area (Å²) in [4.78, 5) is 12.2. The average Bonchev–Trinajstić information content (AvgIpc) is 3.45. The molecule has 3 aliphatic carbocycles. The molecule has 23 heavy (non-hydrogen) atoms. The maximum absolute atomic E-state index is 12.2. The normalized spacial score (nSPS) is 30.6. The maximum Gasteiger partial charge on any atom is 0.315 e. The van der Waals surface area contributed by atoms with Gasteiger partial charge >= 0.3 is 6.03 Å². The van der Waals surface area contributed by atoms with Gasteiger partial charge in [-0.25, -0.2) is 4.79 Å². The second kappa shape index (κ2) is 5.23. The molecule has 3 aliphatic rings. The fourth-order valence-corrected chi connectivity index (χ4v) is 4.51. The van der Waals surface area contributed by atoms with Gasteiger partial charge in [0.1, 0.15) is 0 Å². The van der Waals surface area contributed by atoms with Crippen LogP contribution < -0.4 is 10.6 Å². The zero-order valence-electron chi connectivity index (χ0n) is 13.8. The lowest BCUT2D eigenvalue weighted by molar-refractivity contribution is 0.155. The van der Waals surface area contributed by atoms with Crippen LogP contribution in [0.4, 0.5) is 4.79 Å². The molecule has 0 bridgehead atoms. The molecule has 0 aromatic heterocycles. The minimum absolute atomic E-state index is 0.00578. The predicted molar refractivity (Wildman–Crippen MR) is 89.3 cm³/mol. The molecule has 0 aliphatic heterocycles. The molecule has 2 fully saturated rings. The van der Waals surface area contributed by atoms with Gasteiger partial charge in [-0.3, -0.25) is 0 Å². The number of aliphatic hydroxyl groups excluding tert-OH is 1. The summed E-state index contributed by atoms with van der Waals surface area (Å²) in [6.45, 7) is 2.67. The zero-order chi connectivity index (χ0) is 16.1. The molecule has 3 atom stereocenters. The molecule has 0 saturated heterocycles. The summed E-state index contributed by atoms with van der Waals surface area (Å²) < 4.78 is 0. The molecule has 3 N–H and O–H groups in total. The van der Waals surface area contributed by atoms with E-state index in [1.54, 1.807) is 0 Å². The van der Waals surface area contributed by atoms with Crippen molar-refractivity contribution in [2.45, 2.75) is 50.0 Å². The summed E-state index contributed by atoms with van der Waals surface area (Å²) >= 11 is 0. The largest absolute Gasteiger partial charge is 0.394 e. The highest BCUT2D eigenvalue weighted by Crippen LogP contribution is 2.61. The zero-order valence-corrected chi connectivity index (χ0v) is 13.8. The molecule has 4 heteroatoms. The third kappa shape index (κ3) is 2.53. The van der Waals surface area contributed by atoms with Gasteiger partial charge in [0.15, 0.2) is 0 Å². The van der Waals surface area contributed by atoms with Crippen molar-refractivity contribution in [1.82, 2.24) is 10.6 Å². The standard InChI is InChI=1S/C19H26N2O2/c1-18(12-22,14-6-7-14)21-17(23)20-11-15-10-19(15)9-8-13-4-2-3-5-16(13)19/h2-5,14-15,22H,6-12H2,1H3,(H2,20,21,23)/t15-,18+,19+/m0/s1. The van der Waals surface area contributed by atoms with E-state index in [1.165, 1.54) is 30.4 Å². The lowest BCUT2D eigenvalue weighted by Gasteiger charge is -2.28. The Kier molecular flexibility index (Phi) is 3.41. The van der Waals surface area contributed by atoms with E-state index in [0.717, 1.165) is 19.4 Å². The Morgan fingerprint density at radius 1 is 1.39 bits per heavy atom. The minimum atomic E-state index is -0.467. The number of carbonyl (C=O) groups excluding carboxylic acids is 1. The highest BCUT2D eigenvalue weighted by molar-refractivity contribution is 5.75. The van der Waals surface area contributed by atoms with Crippen LogP contribution in [0.25, 0.3) is 0 Å². The van der Waals surface area contributed by atoms with Gasteiger partial charge in [-0.1, -0.05) is 24.3 Å². The first-order valence-corrected chi connectivity index (χ1v) is 8.83. The number of aliphatic hydroxyl groups is 1. The van der Waals surface area contributed by atoms with Crippen LogP contribution >= 0.6 is 0 Å². The van der Waals surface area contributed by atoms with E-state index in [9.17, 15) is 9.90 Å². The van der Waals surface area contributed by atoms with Crippen molar-refractivity contribution in [1.29, 1.82) is 0 Å². The molecule has 2 amide bonds. The predicted octanol–water partition coefficient (Wildman–Crippen LogP) is 2.35. The summed E-state index contributed by atoms with van der Waals surface area (Å²) in [7, 11) is 0. The van der Waals surface area contributed by atoms with Crippen LogP contribution in [0.5, 0.6) is 0 Å². The number of fused-ring (bicyclic) bond motifs is 2. The SMILES string of the molecule is C[C@](CO)(NC(=O)NC[C@@H]1C[C@]12CCc1ccccc12)C1CC1. The van der Waals surface area contributed by atoms with E-state index in [0.29, 0.717) is 17.3 Å². The first kappa shape index (κ1) is 15.0. The molecule has 1 aromatic rings. The number of hydrogen-bond acceptors (Lipinski definition) is 2. The smallest absolute Gasteiger partial charge is 0.315 e. The Bertz CT molecular complexity index is 628. The number of benzene rings is 1. The second-order valence-corrected chi connectivity index (χ2v) is 7.90. The van der Waals surface area contributed by atoms with E-state index < -0.39 is 5.54 Å². The van der Waals surface area contributed by atoms with Crippen LogP contribution in [0.15, 0.2) is 24.3 Å². The number of amides is 2. The third-order valence-corrected chi connectivity index (χ3v) is 6.34. The van der Waals surface area contributed by atoms with E-state index in [-0.39, 0.29) is 12.6 Å². The van der Waals surface area contributed by atoms with Gasteiger partial charge in [-0.05, 0) is 62.0 Å². The monoisotopic (exact) mass is 314 g/mol. The fourth-order valence-electron chi connectivity index (χ4n) is 4.51. The van der Waals surface area contributed by atoms with Crippen LogP contribution in [0.1, 0.15) is 43.7 Å². The van der Waals surface area contributed by atoms with E-state index in [1.807, 2.05) is 6.92 Å². The maximum atomic E-state index is 12.2. The van der Waals surface area contributed by atoms with Crippen molar-refractivity contribution in [2.75, 3.05) is 13.2 Å². The molecule has 2 saturated carbocycles. The highest BCUT2D eigenvalue weighted by Gasteiger charge is 2.57. The minimum Gasteiger partial charge on any atom is -0.394 e. The summed E-state index contributed by atoms with van der Waals surface area (Å²) in [6.07, 6.45) is 5.77. The summed E-state index contributed by atoms with van der Waals surface area (Å²) in [5.41, 5.74) is 2.85. The van der Waals surface area contributed by atoms with Gasteiger partial charge in [0.05, 0.1) is 12.1 Å². The molecular formula is C19H26N2O2. The molecule has 0 heterocycles. The molecule has 0 unspecified atom stereocenters. The van der Waals surface area contributed by atoms with Crippen LogP contribution in [0, 0.1) is 11.8 Å². The van der Waals surface area contributed by atoms with Crippen molar-refractivity contribution in [3.05, 3.63) is 35.4 Å². The van der Waals surface area contributed by atoms with Crippen LogP contribution in [0.2, 0.25) is 0 Å². The molecule has 1 spiro atoms. The molecule has 124 valence electrons. The Balaban J connectivity index is 1.32. The first-order valence-electron chi connectivity index (χ1n) is 8.83. The first-order chi connectivity index (χ1) is 11.1. The number of aryl methyl sites for hydroxylation is 1. The lowest BCUT2D eigenvalue weighted by Crippen LogP contribution is -2.54. The van der Waals surface area contributed by atoms with Gasteiger partial charge in [0, 0.05) is 12.0 Å². The second-order valence-electron chi connectivity index (χ2n) is 7.90. The molecular weight excluding hydrogens is 288 g/mol. The van der Waals surface area contributed by atoms with Gasteiger partial charge in [-0.15, -0.1) is 0 Å². The summed E-state index contributed by atoms with van der Waals surface area (Å²) in [5.74, 6) is 0.977. The van der Waals surface area contributed by atoms with E-state index >= 15 is 0 Å². The van der Waals surface area contributed by atoms with Gasteiger partial charge < -0.3 is 15.7 Å². The Morgan fingerprint density at radius 3 is 2.91 bits per heavy atom. The lowest BCUT2D eigenvalue weighted by atomic mass is 9.95. The number of nitrogens with one attached hydrogen (secondary N) is 2. The number of rotatable bonds is 5. The third-order valence-electron chi connectivity index (χ3n) is 6.34. The summed E-state index contributed by atoms with van der Waals surface area (Å²) in [5, 5.41) is 15.6. The fraction of sp³-hybridized carbons (Fsp3) is 0.632. The van der Waals surface area contributed by atoms with Gasteiger partial charge in [-0.2, -0.15) is 0 Å². The van der Waals surface area contributed by atoms with Gasteiger partial charge in [0.2, 0.25) is 0 Å². The molecule has 4 rings (SSSR count). The Hall–Kier alpha value is -1.55. The number of urea groups is 1. The summed E-state index contributed by atoms with van der Waals surface area (Å²) in [6, 6.07) is 8.61. The average molecular weight is 314 g/mol. The Morgan fingerprint density at radius 2 is 2.17 bits per heavy atom. The Labute approximate surface area is 137 Å². The van der Waals surface area contributed by atoms with Crippen LogP contribution in [-0.4, -0.2) is 29.8 Å².